The topological polar surface area (TPSA) is 123 Å². The monoisotopic (exact) mass is 453 g/mol. The predicted octanol–water partition coefficient (Wildman–Crippen LogP) is -1.42. The van der Waals surface area contributed by atoms with Gasteiger partial charge in [0, 0.05) is 43.6 Å². The van der Waals surface area contributed by atoms with Crippen LogP contribution in [0.15, 0.2) is 24.3 Å². The minimum atomic E-state index is -1.59. The van der Waals surface area contributed by atoms with E-state index in [2.05, 4.69) is 5.32 Å². The van der Waals surface area contributed by atoms with E-state index in [1.165, 1.54) is 6.92 Å². The fourth-order valence-corrected chi connectivity index (χ4v) is 2.59. The SMILES string of the molecule is CCOC(C)(OCC)C(=O)OCOC(=O)NCCC(C(=O)[O-])c1ccc(Cl)cc1.[Na+]. The summed E-state index contributed by atoms with van der Waals surface area (Å²) in [6, 6.07) is 6.30. The number of amides is 1. The molecule has 0 aromatic heterocycles. The number of alkyl carbamates (subject to hydrolysis) is 1. The van der Waals surface area contributed by atoms with Gasteiger partial charge in [-0.15, -0.1) is 0 Å². The number of carboxylic acid groups (broad SMARTS) is 1. The van der Waals surface area contributed by atoms with Crippen molar-refractivity contribution in [1.29, 1.82) is 0 Å². The van der Waals surface area contributed by atoms with Crippen LogP contribution in [0.5, 0.6) is 0 Å². The number of aliphatic carboxylic acids is 1. The summed E-state index contributed by atoms with van der Waals surface area (Å²) in [4.78, 5) is 35.0. The number of hydrogen-bond acceptors (Lipinski definition) is 8. The third-order valence-corrected chi connectivity index (χ3v) is 4.10. The zero-order valence-corrected chi connectivity index (χ0v) is 20.3. The van der Waals surface area contributed by atoms with Crippen molar-refractivity contribution >= 4 is 29.6 Å². The van der Waals surface area contributed by atoms with Crippen LogP contribution in [-0.2, 0) is 28.5 Å². The summed E-state index contributed by atoms with van der Waals surface area (Å²) in [6.45, 7) is 4.58. The second-order valence-corrected chi connectivity index (χ2v) is 6.37. The minimum absolute atomic E-state index is 0. The smallest absolute Gasteiger partial charge is 0.549 e. The molecule has 1 amide bonds. The first-order chi connectivity index (χ1) is 13.7. The molecular formula is C19H25ClNNaO8. The maximum Gasteiger partial charge on any atom is 1.00 e. The van der Waals surface area contributed by atoms with E-state index in [4.69, 9.17) is 30.5 Å². The van der Waals surface area contributed by atoms with Crippen molar-refractivity contribution in [3.63, 3.8) is 0 Å². The molecule has 0 saturated carbocycles. The van der Waals surface area contributed by atoms with Crippen LogP contribution >= 0.6 is 11.6 Å². The second kappa shape index (κ2) is 14.6. The van der Waals surface area contributed by atoms with Gasteiger partial charge in [-0.2, -0.15) is 0 Å². The molecule has 0 heterocycles. The Morgan fingerprint density at radius 1 is 1.10 bits per heavy atom. The number of carboxylic acids is 1. The molecule has 11 heteroatoms. The number of rotatable bonds is 12. The molecule has 9 nitrogen and oxygen atoms in total. The van der Waals surface area contributed by atoms with E-state index < -0.39 is 36.5 Å². The first kappa shape index (κ1) is 28.6. The number of nitrogens with one attached hydrogen (secondary N) is 1. The summed E-state index contributed by atoms with van der Waals surface area (Å²) in [5, 5.41) is 14.2. The Labute approximate surface area is 202 Å². The van der Waals surface area contributed by atoms with Crippen LogP contribution in [0, 0.1) is 0 Å². The molecule has 30 heavy (non-hydrogen) atoms. The van der Waals surface area contributed by atoms with E-state index in [1.54, 1.807) is 38.1 Å². The molecule has 1 rings (SSSR count). The molecule has 0 aliphatic carbocycles. The normalized spacial score (nSPS) is 11.7. The molecule has 1 N–H and O–H groups in total. The first-order valence-electron chi connectivity index (χ1n) is 9.05. The fraction of sp³-hybridized carbons (Fsp3) is 0.526. The second-order valence-electron chi connectivity index (χ2n) is 5.93. The quantitative estimate of drug-likeness (QED) is 0.232. The van der Waals surface area contributed by atoms with Crippen LogP contribution in [0.25, 0.3) is 0 Å². The Morgan fingerprint density at radius 2 is 1.67 bits per heavy atom. The summed E-state index contributed by atoms with van der Waals surface area (Å²) < 4.78 is 20.0. The number of benzene rings is 1. The molecule has 0 radical (unpaired) electrons. The molecule has 162 valence electrons. The number of carbonyl (C=O) groups is 3. The van der Waals surface area contributed by atoms with Crippen molar-refractivity contribution in [2.24, 2.45) is 0 Å². The first-order valence-corrected chi connectivity index (χ1v) is 9.43. The van der Waals surface area contributed by atoms with Gasteiger partial charge in [0.15, 0.2) is 0 Å². The number of esters is 1. The van der Waals surface area contributed by atoms with Crippen LogP contribution in [-0.4, -0.2) is 50.4 Å². The summed E-state index contributed by atoms with van der Waals surface area (Å²) in [7, 11) is 0. The van der Waals surface area contributed by atoms with Gasteiger partial charge in [-0.05, 0) is 38.0 Å². The van der Waals surface area contributed by atoms with Gasteiger partial charge < -0.3 is 34.2 Å². The molecule has 0 aliphatic rings. The van der Waals surface area contributed by atoms with Gasteiger partial charge in [0.1, 0.15) is 0 Å². The van der Waals surface area contributed by atoms with Crippen LogP contribution in [0.2, 0.25) is 5.02 Å². The van der Waals surface area contributed by atoms with Gasteiger partial charge in [-0.25, -0.2) is 9.59 Å². The standard InChI is InChI=1S/C19H26ClNO8.Na/c1-4-28-19(3,29-5-2)17(24)26-12-27-18(25)21-11-10-15(16(22)23)13-6-8-14(20)9-7-13;/h6-9,15H,4-5,10-12H2,1-3H3,(H,21,25)(H,22,23);/q;+1/p-1. The van der Waals surface area contributed by atoms with Crippen molar-refractivity contribution in [3.05, 3.63) is 34.9 Å². The average molecular weight is 454 g/mol. The molecular weight excluding hydrogens is 429 g/mol. The van der Waals surface area contributed by atoms with E-state index in [1.807, 2.05) is 0 Å². The summed E-state index contributed by atoms with van der Waals surface area (Å²) >= 11 is 5.79. The van der Waals surface area contributed by atoms with E-state index in [0.29, 0.717) is 10.6 Å². The molecule has 0 fully saturated rings. The van der Waals surface area contributed by atoms with Gasteiger partial charge in [-0.1, -0.05) is 23.7 Å². The molecule has 1 atom stereocenters. The predicted molar refractivity (Wildman–Crippen MR) is 101 cm³/mol. The van der Waals surface area contributed by atoms with E-state index in [0.717, 1.165) is 0 Å². The minimum Gasteiger partial charge on any atom is -0.549 e. The summed E-state index contributed by atoms with van der Waals surface area (Å²) in [5.74, 6) is -4.64. The van der Waals surface area contributed by atoms with Gasteiger partial charge in [0.2, 0.25) is 6.79 Å². The van der Waals surface area contributed by atoms with Gasteiger partial charge >= 0.3 is 41.6 Å². The van der Waals surface area contributed by atoms with Gasteiger partial charge in [0.25, 0.3) is 5.79 Å². The van der Waals surface area contributed by atoms with Crippen molar-refractivity contribution < 1.29 is 68.0 Å². The van der Waals surface area contributed by atoms with E-state index >= 15 is 0 Å². The fourth-order valence-electron chi connectivity index (χ4n) is 2.46. The van der Waals surface area contributed by atoms with E-state index in [-0.39, 0.29) is 55.7 Å². The molecule has 1 unspecified atom stereocenters. The maximum absolute atomic E-state index is 12.0. The Morgan fingerprint density at radius 3 is 2.17 bits per heavy atom. The number of carbonyl (C=O) groups excluding carboxylic acids is 3. The maximum atomic E-state index is 12.0. The van der Waals surface area contributed by atoms with Crippen LogP contribution in [0.4, 0.5) is 4.79 Å². The molecule has 0 bridgehead atoms. The molecule has 0 spiro atoms. The Hall–Kier alpha value is -1.36. The van der Waals surface area contributed by atoms with Gasteiger partial charge in [0.05, 0.1) is 0 Å². The summed E-state index contributed by atoms with van der Waals surface area (Å²) in [6.07, 6.45) is -0.800. The molecule has 1 aromatic rings. The van der Waals surface area contributed by atoms with Gasteiger partial charge in [-0.3, -0.25) is 0 Å². The van der Waals surface area contributed by atoms with Crippen LogP contribution in [0.3, 0.4) is 0 Å². The Kier molecular flexibility index (Phi) is 13.9. The average Bonchev–Trinajstić information content (AvgIpc) is 2.66. The third-order valence-electron chi connectivity index (χ3n) is 3.85. The van der Waals surface area contributed by atoms with Crippen LogP contribution in [0.1, 0.15) is 38.7 Å². The summed E-state index contributed by atoms with van der Waals surface area (Å²) in [5.41, 5.74) is 0.504. The molecule has 1 aromatic carbocycles. The Bertz CT molecular complexity index is 680. The molecule has 0 aliphatic heterocycles. The largest absolute Gasteiger partial charge is 1.00 e. The van der Waals surface area contributed by atoms with Crippen molar-refractivity contribution in [3.8, 4) is 0 Å². The van der Waals surface area contributed by atoms with Crippen LogP contribution < -0.4 is 40.0 Å². The number of halogens is 1. The molecule has 0 saturated heterocycles. The number of ether oxygens (including phenoxy) is 4. The third kappa shape index (κ3) is 9.63. The van der Waals surface area contributed by atoms with E-state index in [9.17, 15) is 19.5 Å². The Balaban J connectivity index is 0.00000841. The zero-order chi connectivity index (χ0) is 21.9. The zero-order valence-electron chi connectivity index (χ0n) is 17.6. The van der Waals surface area contributed by atoms with Crippen molar-refractivity contribution in [1.82, 2.24) is 5.32 Å². The van der Waals surface area contributed by atoms with Crippen molar-refractivity contribution in [2.75, 3.05) is 26.6 Å². The van der Waals surface area contributed by atoms with Crippen molar-refractivity contribution in [2.45, 2.75) is 38.9 Å². The number of hydrogen-bond donors (Lipinski definition) is 1.